The number of benzene rings is 1. The summed E-state index contributed by atoms with van der Waals surface area (Å²) in [6, 6.07) is 6.03. The Labute approximate surface area is 178 Å². The number of aliphatic hydroxyl groups excluding tert-OH is 1. The lowest BCUT2D eigenvalue weighted by atomic mass is 9.83. The van der Waals surface area contributed by atoms with Crippen LogP contribution in [0.25, 0.3) is 0 Å². The minimum Gasteiger partial charge on any atom is -0.507 e. The van der Waals surface area contributed by atoms with Crippen molar-refractivity contribution in [3.8, 4) is 5.75 Å². The number of aromatic hydroxyl groups is 1. The van der Waals surface area contributed by atoms with Crippen LogP contribution in [0.5, 0.6) is 5.75 Å². The van der Waals surface area contributed by atoms with E-state index in [4.69, 9.17) is 5.73 Å². The number of primary amides is 1. The van der Waals surface area contributed by atoms with Crippen LogP contribution in [0.3, 0.4) is 0 Å². The average molecular weight is 418 g/mol. The summed E-state index contributed by atoms with van der Waals surface area (Å²) >= 11 is 0. The van der Waals surface area contributed by atoms with Gasteiger partial charge in [-0.1, -0.05) is 32.9 Å². The highest BCUT2D eigenvalue weighted by atomic mass is 16.3. The van der Waals surface area contributed by atoms with Crippen molar-refractivity contribution in [2.75, 3.05) is 26.2 Å². The summed E-state index contributed by atoms with van der Waals surface area (Å²) in [5, 5.41) is 19.9. The Hall–Kier alpha value is -2.12. The van der Waals surface area contributed by atoms with E-state index in [-0.39, 0.29) is 28.6 Å². The highest BCUT2D eigenvalue weighted by molar-refractivity contribution is 5.96. The van der Waals surface area contributed by atoms with Gasteiger partial charge in [-0.05, 0) is 48.6 Å². The number of hydrogen-bond acceptors (Lipinski definition) is 5. The molecule has 2 aliphatic heterocycles. The Morgan fingerprint density at radius 3 is 2.37 bits per heavy atom. The molecule has 2 aliphatic rings. The SMILES string of the molecule is CC(C)(C)CN(CCN1C2CCC1CC(c1cccc(C(N)=O)c1O)C2)C(=O)CO. The smallest absolute Gasteiger partial charge is 0.252 e. The molecule has 0 saturated carbocycles. The highest BCUT2D eigenvalue weighted by Crippen LogP contribution is 2.45. The van der Waals surface area contributed by atoms with Gasteiger partial charge in [0.15, 0.2) is 0 Å². The van der Waals surface area contributed by atoms with E-state index in [2.05, 4.69) is 25.7 Å². The van der Waals surface area contributed by atoms with Gasteiger partial charge in [-0.25, -0.2) is 0 Å². The van der Waals surface area contributed by atoms with Gasteiger partial charge in [-0.15, -0.1) is 0 Å². The van der Waals surface area contributed by atoms with Crippen LogP contribution in [0, 0.1) is 5.41 Å². The van der Waals surface area contributed by atoms with Gasteiger partial charge in [0.2, 0.25) is 5.91 Å². The second kappa shape index (κ2) is 8.94. The molecule has 0 radical (unpaired) electrons. The van der Waals surface area contributed by atoms with Crippen molar-refractivity contribution in [1.29, 1.82) is 0 Å². The lowest BCUT2D eigenvalue weighted by Crippen LogP contribution is -2.48. The molecule has 7 nitrogen and oxygen atoms in total. The molecular weight excluding hydrogens is 382 g/mol. The van der Waals surface area contributed by atoms with E-state index < -0.39 is 12.5 Å². The lowest BCUT2D eigenvalue weighted by Gasteiger charge is -2.40. The Morgan fingerprint density at radius 2 is 1.83 bits per heavy atom. The Balaban J connectivity index is 1.68. The zero-order valence-corrected chi connectivity index (χ0v) is 18.3. The molecule has 2 bridgehead atoms. The van der Waals surface area contributed by atoms with Crippen molar-refractivity contribution in [1.82, 2.24) is 9.80 Å². The summed E-state index contributed by atoms with van der Waals surface area (Å²) in [6.07, 6.45) is 4.04. The van der Waals surface area contributed by atoms with E-state index >= 15 is 0 Å². The summed E-state index contributed by atoms with van der Waals surface area (Å²) in [7, 11) is 0. The third-order valence-electron chi connectivity index (χ3n) is 6.44. The molecule has 2 atom stereocenters. The van der Waals surface area contributed by atoms with Crippen LogP contribution >= 0.6 is 0 Å². The van der Waals surface area contributed by atoms with Crippen molar-refractivity contribution in [3.63, 3.8) is 0 Å². The van der Waals surface area contributed by atoms with Gasteiger partial charge in [-0.3, -0.25) is 14.5 Å². The second-order valence-electron chi connectivity index (χ2n) is 9.93. The number of fused-ring (bicyclic) bond motifs is 2. The monoisotopic (exact) mass is 417 g/mol. The molecule has 1 aromatic rings. The number of amides is 2. The van der Waals surface area contributed by atoms with Gasteiger partial charge in [-0.2, -0.15) is 0 Å². The molecule has 2 heterocycles. The molecule has 2 fully saturated rings. The first-order valence-electron chi connectivity index (χ1n) is 10.9. The number of carbonyl (C=O) groups excluding carboxylic acids is 2. The van der Waals surface area contributed by atoms with Crippen LogP contribution in [0.1, 0.15) is 68.3 Å². The van der Waals surface area contributed by atoms with Gasteiger partial charge < -0.3 is 20.8 Å². The predicted molar refractivity (Wildman–Crippen MR) is 115 cm³/mol. The molecule has 0 aliphatic carbocycles. The number of carbonyl (C=O) groups is 2. The Morgan fingerprint density at radius 1 is 1.20 bits per heavy atom. The lowest BCUT2D eigenvalue weighted by molar-refractivity contribution is -0.135. The first-order valence-corrected chi connectivity index (χ1v) is 10.9. The van der Waals surface area contributed by atoms with Crippen LogP contribution in [-0.4, -0.2) is 70.2 Å². The molecule has 4 N–H and O–H groups in total. The Bertz CT molecular complexity index is 775. The van der Waals surface area contributed by atoms with Crippen LogP contribution in [0.2, 0.25) is 0 Å². The fourth-order valence-corrected chi connectivity index (χ4v) is 5.18. The van der Waals surface area contributed by atoms with Crippen molar-refractivity contribution in [3.05, 3.63) is 29.3 Å². The van der Waals surface area contributed by atoms with Crippen molar-refractivity contribution in [2.45, 2.75) is 64.5 Å². The number of rotatable bonds is 7. The zero-order valence-electron chi connectivity index (χ0n) is 18.3. The molecule has 166 valence electrons. The predicted octanol–water partition coefficient (Wildman–Crippen LogP) is 2.07. The largest absolute Gasteiger partial charge is 0.507 e. The Kier molecular flexibility index (Phi) is 6.72. The molecule has 7 heteroatoms. The fourth-order valence-electron chi connectivity index (χ4n) is 5.18. The molecule has 0 spiro atoms. The molecule has 3 rings (SSSR count). The highest BCUT2D eigenvalue weighted by Gasteiger charge is 2.41. The topological polar surface area (TPSA) is 107 Å². The van der Waals surface area contributed by atoms with Gasteiger partial charge in [0.25, 0.3) is 5.91 Å². The molecular formula is C23H35N3O4. The fraction of sp³-hybridized carbons (Fsp3) is 0.652. The molecule has 2 saturated heterocycles. The van der Waals surface area contributed by atoms with E-state index in [0.717, 1.165) is 37.8 Å². The maximum atomic E-state index is 12.2. The van der Waals surface area contributed by atoms with E-state index in [9.17, 15) is 19.8 Å². The summed E-state index contributed by atoms with van der Waals surface area (Å²) in [5.41, 5.74) is 6.36. The third-order valence-corrected chi connectivity index (χ3v) is 6.44. The maximum Gasteiger partial charge on any atom is 0.252 e. The number of nitrogens with zero attached hydrogens (tertiary/aromatic N) is 2. The van der Waals surface area contributed by atoms with Crippen molar-refractivity contribution < 1.29 is 19.8 Å². The van der Waals surface area contributed by atoms with E-state index in [0.29, 0.717) is 25.2 Å². The first-order chi connectivity index (χ1) is 14.1. The van der Waals surface area contributed by atoms with Crippen LogP contribution in [-0.2, 0) is 4.79 Å². The number of aliphatic hydroxyl groups is 1. The average Bonchev–Trinajstić information content (AvgIpc) is 2.90. The molecule has 2 amide bonds. The van der Waals surface area contributed by atoms with E-state index in [1.165, 1.54) is 0 Å². The number of piperidine rings is 1. The standard InChI is InChI=1S/C23H35N3O4/c1-23(2,3)14-25(20(28)13-27)9-10-26-16-7-8-17(26)12-15(11-16)18-5-4-6-19(21(18)29)22(24)30/h4-6,15-17,27,29H,7-14H2,1-3H3,(H2,24,30). The minimum atomic E-state index is -0.609. The number of nitrogens with two attached hydrogens (primary N) is 1. The molecule has 1 aromatic carbocycles. The summed E-state index contributed by atoms with van der Waals surface area (Å²) in [5.74, 6) is -0.613. The van der Waals surface area contributed by atoms with Gasteiger partial charge in [0.05, 0.1) is 5.56 Å². The minimum absolute atomic E-state index is 0.0211. The van der Waals surface area contributed by atoms with E-state index in [1.807, 2.05) is 6.07 Å². The van der Waals surface area contributed by atoms with Crippen LogP contribution < -0.4 is 5.73 Å². The van der Waals surface area contributed by atoms with Gasteiger partial charge in [0, 0.05) is 31.7 Å². The first kappa shape index (κ1) is 22.6. The summed E-state index contributed by atoms with van der Waals surface area (Å²) in [6.45, 7) is 7.83. The second-order valence-corrected chi connectivity index (χ2v) is 9.93. The van der Waals surface area contributed by atoms with Gasteiger partial charge >= 0.3 is 0 Å². The van der Waals surface area contributed by atoms with Gasteiger partial charge in [0.1, 0.15) is 12.4 Å². The number of para-hydroxylation sites is 1. The normalized spacial score (nSPS) is 24.1. The van der Waals surface area contributed by atoms with E-state index in [1.54, 1.807) is 17.0 Å². The maximum absolute atomic E-state index is 12.2. The van der Waals surface area contributed by atoms with Crippen LogP contribution in [0.4, 0.5) is 0 Å². The van der Waals surface area contributed by atoms with Crippen LogP contribution in [0.15, 0.2) is 18.2 Å². The van der Waals surface area contributed by atoms with Crippen molar-refractivity contribution in [2.24, 2.45) is 11.1 Å². The summed E-state index contributed by atoms with van der Waals surface area (Å²) < 4.78 is 0. The molecule has 2 unspecified atom stereocenters. The number of phenols is 1. The third kappa shape index (κ3) is 4.95. The quantitative estimate of drug-likeness (QED) is 0.630. The number of hydrogen-bond donors (Lipinski definition) is 3. The molecule has 0 aromatic heterocycles. The van der Waals surface area contributed by atoms with Crippen molar-refractivity contribution >= 4 is 11.8 Å². The summed E-state index contributed by atoms with van der Waals surface area (Å²) in [4.78, 5) is 28.0. The molecule has 30 heavy (non-hydrogen) atoms. The zero-order chi connectivity index (χ0) is 22.1.